The number of carboxylic acid groups (broad SMARTS) is 1. The van der Waals surface area contributed by atoms with Gasteiger partial charge in [0.05, 0.1) is 0 Å². The zero-order valence-electron chi connectivity index (χ0n) is 4.21. The molecule has 0 rings (SSSR count). The number of carbonyl (C=O) groups is 1. The third-order valence-corrected chi connectivity index (χ3v) is 0. The van der Waals surface area contributed by atoms with Gasteiger partial charge in [-0.2, -0.15) is 0 Å². The maximum absolute atomic E-state index is 9.00. The molecule has 0 bridgehead atoms. The molecule has 0 aliphatic heterocycles. The van der Waals surface area contributed by atoms with E-state index in [1.807, 2.05) is 0 Å². The van der Waals surface area contributed by atoms with Crippen LogP contribution in [0.4, 0.5) is 0 Å². The third kappa shape index (κ3) is 8170. The van der Waals surface area contributed by atoms with Crippen molar-refractivity contribution in [2.75, 3.05) is 0 Å². The standard InChI is InChI=1S/C2H4O2.Fe.3H2O/c1-2(3)4;;;;/h1H3,(H,3,4);;3*1H2. The molecule has 0 aliphatic rings. The van der Waals surface area contributed by atoms with Gasteiger partial charge >= 0.3 is 0 Å². The van der Waals surface area contributed by atoms with Gasteiger partial charge in [-0.25, -0.2) is 0 Å². The van der Waals surface area contributed by atoms with Crippen molar-refractivity contribution in [2.24, 2.45) is 0 Å². The van der Waals surface area contributed by atoms with Gasteiger partial charge in [-0.05, 0) is 0 Å². The fourth-order valence-corrected chi connectivity index (χ4v) is 0. The molecule has 0 atom stereocenters. The Labute approximate surface area is 57.1 Å². The van der Waals surface area contributed by atoms with Gasteiger partial charge in [0.2, 0.25) is 0 Å². The maximum atomic E-state index is 9.00. The van der Waals surface area contributed by atoms with Crippen molar-refractivity contribution < 1.29 is 43.4 Å². The van der Waals surface area contributed by atoms with E-state index in [0.29, 0.717) is 0 Å². The molecule has 7 N–H and O–H groups in total. The summed E-state index contributed by atoms with van der Waals surface area (Å²) in [4.78, 5) is 9.00. The van der Waals surface area contributed by atoms with E-state index in [1.165, 1.54) is 0 Å². The summed E-state index contributed by atoms with van der Waals surface area (Å²) in [5, 5.41) is 7.42. The predicted octanol–water partition coefficient (Wildman–Crippen LogP) is -2.39. The number of rotatable bonds is 0. The number of hydrogen-bond donors (Lipinski definition) is 1. The van der Waals surface area contributed by atoms with Crippen LogP contribution in [0.15, 0.2) is 0 Å². The zero-order chi connectivity index (χ0) is 3.58. The Balaban J connectivity index is -0.00000000750. The maximum Gasteiger partial charge on any atom is 0.300 e. The molecule has 0 heterocycles. The van der Waals surface area contributed by atoms with Crippen molar-refractivity contribution >= 4 is 5.97 Å². The normalized spacial score (nSPS) is 3.12. The van der Waals surface area contributed by atoms with E-state index in [1.54, 1.807) is 0 Å². The molecular weight excluding hydrogens is 160 g/mol. The topological polar surface area (TPSA) is 132 Å². The monoisotopic (exact) mass is 170 g/mol. The van der Waals surface area contributed by atoms with E-state index in [9.17, 15) is 0 Å². The molecule has 0 saturated carbocycles. The van der Waals surface area contributed by atoms with Gasteiger partial charge in [0.25, 0.3) is 5.97 Å². The molecule has 0 aliphatic carbocycles. The second-order valence-electron chi connectivity index (χ2n) is 0.519. The molecule has 56 valence electrons. The number of carboxylic acids is 1. The smallest absolute Gasteiger partial charge is 0.300 e. The minimum atomic E-state index is -0.833. The molecule has 0 saturated heterocycles. The van der Waals surface area contributed by atoms with Crippen LogP contribution in [0.1, 0.15) is 6.92 Å². The molecule has 6 heteroatoms. The van der Waals surface area contributed by atoms with Crippen molar-refractivity contribution in [3.8, 4) is 0 Å². The van der Waals surface area contributed by atoms with Crippen LogP contribution >= 0.6 is 0 Å². The molecular formula is C2H10FeO5. The van der Waals surface area contributed by atoms with Crippen LogP contribution in [0.3, 0.4) is 0 Å². The number of aliphatic carboxylic acids is 1. The third-order valence-electron chi connectivity index (χ3n) is 0. The summed E-state index contributed by atoms with van der Waals surface area (Å²) in [5.41, 5.74) is 0. The summed E-state index contributed by atoms with van der Waals surface area (Å²) >= 11 is 0. The first-order chi connectivity index (χ1) is 1.73. The van der Waals surface area contributed by atoms with Crippen molar-refractivity contribution in [3.05, 3.63) is 0 Å². The number of hydrogen-bond acceptors (Lipinski definition) is 1. The fraction of sp³-hybridized carbons (Fsp3) is 0.500. The summed E-state index contributed by atoms with van der Waals surface area (Å²) in [6, 6.07) is 0. The van der Waals surface area contributed by atoms with Crippen molar-refractivity contribution in [1.29, 1.82) is 0 Å². The van der Waals surface area contributed by atoms with E-state index in [2.05, 4.69) is 0 Å². The van der Waals surface area contributed by atoms with Gasteiger partial charge in [0.15, 0.2) is 0 Å². The molecule has 0 fully saturated rings. The van der Waals surface area contributed by atoms with Crippen LogP contribution in [0.25, 0.3) is 0 Å². The van der Waals surface area contributed by atoms with Gasteiger partial charge in [-0.3, -0.25) is 4.79 Å². The van der Waals surface area contributed by atoms with Crippen LogP contribution in [0.5, 0.6) is 0 Å². The van der Waals surface area contributed by atoms with Gasteiger partial charge < -0.3 is 21.5 Å². The average molecular weight is 170 g/mol. The Kier molecular flexibility index (Phi) is 162. The molecule has 0 aromatic rings. The molecule has 0 aromatic heterocycles. The van der Waals surface area contributed by atoms with E-state index in [4.69, 9.17) is 9.90 Å². The second kappa shape index (κ2) is 28.7. The van der Waals surface area contributed by atoms with Crippen molar-refractivity contribution in [3.63, 3.8) is 0 Å². The fourth-order valence-electron chi connectivity index (χ4n) is 0. The van der Waals surface area contributed by atoms with Crippen LogP contribution in [0.2, 0.25) is 0 Å². The summed E-state index contributed by atoms with van der Waals surface area (Å²) in [7, 11) is 0. The predicted molar refractivity (Wildman–Crippen MR) is 24.2 cm³/mol. The molecule has 5 nitrogen and oxygen atoms in total. The minimum Gasteiger partial charge on any atom is -0.481 e. The van der Waals surface area contributed by atoms with Gasteiger partial charge in [0, 0.05) is 24.0 Å². The van der Waals surface area contributed by atoms with Gasteiger partial charge in [0.1, 0.15) is 0 Å². The van der Waals surface area contributed by atoms with Gasteiger partial charge in [-0.1, -0.05) is 0 Å². The Bertz CT molecular complexity index is 33.4. The first-order valence-corrected chi connectivity index (χ1v) is 0.928. The first-order valence-electron chi connectivity index (χ1n) is 0.928. The minimum absolute atomic E-state index is 0. The Morgan fingerprint density at radius 3 is 1.25 bits per heavy atom. The van der Waals surface area contributed by atoms with Crippen molar-refractivity contribution in [2.45, 2.75) is 6.92 Å². The van der Waals surface area contributed by atoms with Crippen LogP contribution in [-0.2, 0) is 21.9 Å². The van der Waals surface area contributed by atoms with Gasteiger partial charge in [-0.15, -0.1) is 0 Å². The molecule has 0 aromatic carbocycles. The van der Waals surface area contributed by atoms with Crippen LogP contribution in [0, 0.1) is 0 Å². The second-order valence-corrected chi connectivity index (χ2v) is 0.519. The summed E-state index contributed by atoms with van der Waals surface area (Å²) in [6.07, 6.45) is 0. The molecule has 0 radical (unpaired) electrons. The van der Waals surface area contributed by atoms with E-state index < -0.39 is 5.97 Å². The SMILES string of the molecule is CC(=O)O.O.O.O.[Fe]. The largest absolute Gasteiger partial charge is 0.481 e. The van der Waals surface area contributed by atoms with Crippen molar-refractivity contribution in [1.82, 2.24) is 0 Å². The molecule has 0 spiro atoms. The van der Waals surface area contributed by atoms with E-state index in [0.717, 1.165) is 6.92 Å². The van der Waals surface area contributed by atoms with E-state index >= 15 is 0 Å². The molecule has 8 heavy (non-hydrogen) atoms. The zero-order valence-corrected chi connectivity index (χ0v) is 5.31. The van der Waals surface area contributed by atoms with Crippen LogP contribution in [-0.4, -0.2) is 27.5 Å². The van der Waals surface area contributed by atoms with Crippen LogP contribution < -0.4 is 0 Å². The first kappa shape index (κ1) is 45.1. The Hall–Kier alpha value is -0.131. The Morgan fingerprint density at radius 1 is 1.25 bits per heavy atom. The summed E-state index contributed by atoms with van der Waals surface area (Å²) in [5.74, 6) is -0.833. The van der Waals surface area contributed by atoms with E-state index in [-0.39, 0.29) is 33.5 Å². The summed E-state index contributed by atoms with van der Waals surface area (Å²) < 4.78 is 0. The molecule has 0 unspecified atom stereocenters. The molecule has 0 amide bonds. The average Bonchev–Trinajstić information content (AvgIpc) is 0.811. The Morgan fingerprint density at radius 2 is 1.25 bits per heavy atom. The summed E-state index contributed by atoms with van der Waals surface area (Å²) in [6.45, 7) is 1.08. The quantitative estimate of drug-likeness (QED) is 0.406.